The average Bonchev–Trinajstić information content (AvgIpc) is 3.10. The summed E-state index contributed by atoms with van der Waals surface area (Å²) in [5.41, 5.74) is 2.94. The largest absolute Gasteiger partial charge is 0.350 e. The summed E-state index contributed by atoms with van der Waals surface area (Å²) >= 11 is 1.34. The fourth-order valence-electron chi connectivity index (χ4n) is 2.37. The molecule has 3 aromatic rings. The van der Waals surface area contributed by atoms with Crippen LogP contribution >= 0.6 is 11.3 Å². The van der Waals surface area contributed by atoms with E-state index in [2.05, 4.69) is 25.6 Å². The standard InChI is InChI=1S/C18H17N5O2S/c1-11(21-12(2)24)13-3-5-14(6-4-13)16-10-26-18(22-16)23-17(25)15-9-19-7-8-20-15/h3-11H,1-2H3,(H,21,24)(H,22,23,25). The van der Waals surface area contributed by atoms with Gasteiger partial charge in [0.25, 0.3) is 5.91 Å². The summed E-state index contributed by atoms with van der Waals surface area (Å²) in [5.74, 6) is -0.414. The zero-order valence-corrected chi connectivity index (χ0v) is 15.1. The van der Waals surface area contributed by atoms with Crippen molar-refractivity contribution in [1.82, 2.24) is 20.3 Å². The summed E-state index contributed by atoms with van der Waals surface area (Å²) in [6.45, 7) is 3.43. The van der Waals surface area contributed by atoms with Crippen LogP contribution < -0.4 is 10.6 Å². The van der Waals surface area contributed by atoms with Crippen molar-refractivity contribution >= 4 is 28.3 Å². The molecule has 0 saturated carbocycles. The van der Waals surface area contributed by atoms with Crippen molar-refractivity contribution < 1.29 is 9.59 Å². The molecule has 0 saturated heterocycles. The average molecular weight is 367 g/mol. The number of thiazole rings is 1. The highest BCUT2D eigenvalue weighted by Crippen LogP contribution is 2.26. The Hall–Kier alpha value is -3.13. The number of aromatic nitrogens is 3. The first-order chi connectivity index (χ1) is 12.5. The number of hydrogen-bond acceptors (Lipinski definition) is 6. The maximum Gasteiger partial charge on any atom is 0.277 e. The van der Waals surface area contributed by atoms with Crippen LogP contribution in [-0.4, -0.2) is 26.8 Å². The van der Waals surface area contributed by atoms with Crippen molar-refractivity contribution in [2.75, 3.05) is 5.32 Å². The summed E-state index contributed by atoms with van der Waals surface area (Å²) in [6.07, 6.45) is 4.37. The molecule has 1 atom stereocenters. The summed E-state index contributed by atoms with van der Waals surface area (Å²) in [4.78, 5) is 35.5. The molecule has 3 rings (SSSR count). The lowest BCUT2D eigenvalue weighted by Crippen LogP contribution is -2.23. The Morgan fingerprint density at radius 2 is 1.92 bits per heavy atom. The number of nitrogens with one attached hydrogen (secondary N) is 2. The second-order valence-corrected chi connectivity index (χ2v) is 6.48. The Morgan fingerprint density at radius 1 is 1.15 bits per heavy atom. The molecule has 0 aliphatic carbocycles. The Bertz CT molecular complexity index is 909. The second kappa shape index (κ2) is 7.83. The van der Waals surface area contributed by atoms with E-state index in [4.69, 9.17) is 0 Å². The highest BCUT2D eigenvalue weighted by molar-refractivity contribution is 7.14. The maximum atomic E-state index is 12.1. The SMILES string of the molecule is CC(=O)NC(C)c1ccc(-c2csc(NC(=O)c3cnccn3)n2)cc1. The molecule has 0 aliphatic rings. The molecule has 26 heavy (non-hydrogen) atoms. The molecular weight excluding hydrogens is 350 g/mol. The van der Waals surface area contributed by atoms with Crippen molar-refractivity contribution in [2.45, 2.75) is 19.9 Å². The number of nitrogens with zero attached hydrogens (tertiary/aromatic N) is 3. The zero-order chi connectivity index (χ0) is 18.5. The van der Waals surface area contributed by atoms with E-state index in [1.165, 1.54) is 36.9 Å². The Morgan fingerprint density at radius 3 is 2.58 bits per heavy atom. The molecule has 8 heteroatoms. The quantitative estimate of drug-likeness (QED) is 0.722. The third-order valence-corrected chi connectivity index (χ3v) is 4.40. The molecule has 132 valence electrons. The third kappa shape index (κ3) is 4.28. The zero-order valence-electron chi connectivity index (χ0n) is 14.3. The van der Waals surface area contributed by atoms with Crippen LogP contribution in [0.5, 0.6) is 0 Å². The number of carbonyl (C=O) groups excluding carboxylic acids is 2. The molecule has 0 radical (unpaired) electrons. The number of benzene rings is 1. The van der Waals surface area contributed by atoms with E-state index >= 15 is 0 Å². The molecule has 2 heterocycles. The first-order valence-corrected chi connectivity index (χ1v) is 8.81. The molecule has 0 spiro atoms. The maximum absolute atomic E-state index is 12.1. The minimum absolute atomic E-state index is 0.0567. The van der Waals surface area contributed by atoms with Gasteiger partial charge in [-0.25, -0.2) is 9.97 Å². The second-order valence-electron chi connectivity index (χ2n) is 5.63. The van der Waals surface area contributed by atoms with Crippen LogP contribution in [-0.2, 0) is 4.79 Å². The van der Waals surface area contributed by atoms with E-state index in [0.29, 0.717) is 5.13 Å². The van der Waals surface area contributed by atoms with E-state index in [1.807, 2.05) is 36.6 Å². The van der Waals surface area contributed by atoms with Crippen molar-refractivity contribution in [1.29, 1.82) is 0 Å². The van der Waals surface area contributed by atoms with Crippen molar-refractivity contribution in [2.24, 2.45) is 0 Å². The number of carbonyl (C=O) groups is 2. The van der Waals surface area contributed by atoms with Crippen LogP contribution in [0.4, 0.5) is 5.13 Å². The molecular formula is C18H17N5O2S. The van der Waals surface area contributed by atoms with Crippen molar-refractivity contribution in [3.63, 3.8) is 0 Å². The summed E-state index contributed by atoms with van der Waals surface area (Å²) in [5, 5.41) is 7.93. The lowest BCUT2D eigenvalue weighted by molar-refractivity contribution is -0.119. The normalized spacial score (nSPS) is 11.6. The lowest BCUT2D eigenvalue weighted by atomic mass is 10.1. The number of anilines is 1. The van der Waals surface area contributed by atoms with E-state index in [-0.39, 0.29) is 23.6 Å². The topological polar surface area (TPSA) is 96.9 Å². The molecule has 2 aromatic heterocycles. The van der Waals surface area contributed by atoms with Gasteiger partial charge in [-0.3, -0.25) is 19.9 Å². The molecule has 0 fully saturated rings. The van der Waals surface area contributed by atoms with Gasteiger partial charge in [-0.05, 0) is 12.5 Å². The van der Waals surface area contributed by atoms with Gasteiger partial charge in [0.2, 0.25) is 5.91 Å². The smallest absolute Gasteiger partial charge is 0.277 e. The van der Waals surface area contributed by atoms with Crippen LogP contribution in [0.3, 0.4) is 0 Å². The van der Waals surface area contributed by atoms with Crippen molar-refractivity contribution in [3.05, 3.63) is 59.5 Å². The molecule has 7 nitrogen and oxygen atoms in total. The van der Waals surface area contributed by atoms with Crippen LogP contribution in [0.15, 0.2) is 48.2 Å². The van der Waals surface area contributed by atoms with E-state index < -0.39 is 0 Å². The van der Waals surface area contributed by atoms with Crippen LogP contribution in [0, 0.1) is 0 Å². The number of hydrogen-bond donors (Lipinski definition) is 2. The molecule has 2 amide bonds. The van der Waals surface area contributed by atoms with Crippen LogP contribution in [0.2, 0.25) is 0 Å². The van der Waals surface area contributed by atoms with Gasteiger partial charge >= 0.3 is 0 Å². The predicted molar refractivity (Wildman–Crippen MR) is 99.8 cm³/mol. The van der Waals surface area contributed by atoms with Gasteiger partial charge in [0.15, 0.2) is 5.13 Å². The van der Waals surface area contributed by atoms with Gasteiger partial charge in [-0.2, -0.15) is 0 Å². The van der Waals surface area contributed by atoms with Gasteiger partial charge in [0.1, 0.15) is 5.69 Å². The summed E-state index contributed by atoms with van der Waals surface area (Å²) in [6, 6.07) is 7.73. The van der Waals surface area contributed by atoms with Crippen molar-refractivity contribution in [3.8, 4) is 11.3 Å². The Kier molecular flexibility index (Phi) is 5.33. The predicted octanol–water partition coefficient (Wildman–Crippen LogP) is 3.05. The Balaban J connectivity index is 1.69. The fourth-order valence-corrected chi connectivity index (χ4v) is 3.09. The molecule has 0 aliphatic heterocycles. The minimum atomic E-state index is -0.349. The molecule has 1 aromatic carbocycles. The third-order valence-electron chi connectivity index (χ3n) is 3.65. The molecule has 1 unspecified atom stereocenters. The fraction of sp³-hybridized carbons (Fsp3) is 0.167. The number of rotatable bonds is 5. The summed E-state index contributed by atoms with van der Waals surface area (Å²) < 4.78 is 0. The minimum Gasteiger partial charge on any atom is -0.350 e. The first-order valence-electron chi connectivity index (χ1n) is 7.93. The number of amides is 2. The van der Waals surface area contributed by atoms with Crippen LogP contribution in [0.25, 0.3) is 11.3 Å². The lowest BCUT2D eigenvalue weighted by Gasteiger charge is -2.12. The van der Waals surface area contributed by atoms with Gasteiger partial charge in [0, 0.05) is 30.3 Å². The van der Waals surface area contributed by atoms with Crippen LogP contribution in [0.1, 0.15) is 35.9 Å². The van der Waals surface area contributed by atoms with E-state index in [0.717, 1.165) is 16.8 Å². The molecule has 0 bridgehead atoms. The van der Waals surface area contributed by atoms with Gasteiger partial charge in [-0.15, -0.1) is 11.3 Å². The van der Waals surface area contributed by atoms with E-state index in [1.54, 1.807) is 0 Å². The summed E-state index contributed by atoms with van der Waals surface area (Å²) in [7, 11) is 0. The van der Waals surface area contributed by atoms with Gasteiger partial charge in [-0.1, -0.05) is 24.3 Å². The van der Waals surface area contributed by atoms with E-state index in [9.17, 15) is 9.59 Å². The highest BCUT2D eigenvalue weighted by Gasteiger charge is 2.12. The van der Waals surface area contributed by atoms with Gasteiger partial charge < -0.3 is 5.32 Å². The monoisotopic (exact) mass is 367 g/mol. The highest BCUT2D eigenvalue weighted by atomic mass is 32.1. The van der Waals surface area contributed by atoms with Gasteiger partial charge in [0.05, 0.1) is 17.9 Å². The first kappa shape index (κ1) is 17.7. The molecule has 2 N–H and O–H groups in total. The Labute approximate surface area is 154 Å².